The standard InChI is InChI=1S/C24H25N5O4S/c1-28(14-16-7-8-20(32-3)21(12-16)33-4)23(30)17-13-26-29(19(17)15-31-2)24-25-10-9-18(27-24)22-6-5-11-34-22/h5-13H,14-15H2,1-4H3. The van der Waals surface area contributed by atoms with E-state index >= 15 is 0 Å². The van der Waals surface area contributed by atoms with Crippen molar-refractivity contribution in [3.8, 4) is 28.0 Å². The summed E-state index contributed by atoms with van der Waals surface area (Å²) in [4.78, 5) is 25.0. The van der Waals surface area contributed by atoms with Crippen molar-refractivity contribution in [3.05, 3.63) is 71.0 Å². The van der Waals surface area contributed by atoms with Gasteiger partial charge in [0.15, 0.2) is 11.5 Å². The van der Waals surface area contributed by atoms with Gasteiger partial charge in [-0.25, -0.2) is 9.97 Å². The first kappa shape index (κ1) is 23.4. The molecular weight excluding hydrogens is 454 g/mol. The lowest BCUT2D eigenvalue weighted by Gasteiger charge is -2.18. The normalized spacial score (nSPS) is 10.8. The molecule has 0 unspecified atom stereocenters. The number of benzene rings is 1. The predicted molar refractivity (Wildman–Crippen MR) is 129 cm³/mol. The summed E-state index contributed by atoms with van der Waals surface area (Å²) in [7, 11) is 6.47. The van der Waals surface area contributed by atoms with Gasteiger partial charge >= 0.3 is 0 Å². The third-order valence-corrected chi connectivity index (χ3v) is 6.09. The molecule has 0 aliphatic rings. The van der Waals surface area contributed by atoms with Crippen molar-refractivity contribution >= 4 is 17.2 Å². The Bertz CT molecular complexity index is 1270. The molecular formula is C24H25N5O4S. The molecule has 176 valence electrons. The van der Waals surface area contributed by atoms with E-state index in [1.54, 1.807) is 55.5 Å². The Morgan fingerprint density at radius 3 is 2.65 bits per heavy atom. The minimum absolute atomic E-state index is 0.178. The highest BCUT2D eigenvalue weighted by atomic mass is 32.1. The Morgan fingerprint density at radius 2 is 1.94 bits per heavy atom. The first-order valence-corrected chi connectivity index (χ1v) is 11.3. The number of carbonyl (C=O) groups excluding carboxylic acids is 1. The Labute approximate surface area is 201 Å². The number of thiophene rings is 1. The molecule has 34 heavy (non-hydrogen) atoms. The van der Waals surface area contributed by atoms with Gasteiger partial charge in [-0.15, -0.1) is 11.3 Å². The fourth-order valence-corrected chi connectivity index (χ4v) is 4.24. The van der Waals surface area contributed by atoms with Crippen LogP contribution in [0.1, 0.15) is 21.6 Å². The summed E-state index contributed by atoms with van der Waals surface area (Å²) < 4.78 is 17.6. The molecule has 1 aromatic carbocycles. The van der Waals surface area contributed by atoms with E-state index in [0.717, 1.165) is 16.1 Å². The first-order valence-electron chi connectivity index (χ1n) is 10.4. The zero-order valence-corrected chi connectivity index (χ0v) is 20.2. The van der Waals surface area contributed by atoms with E-state index in [-0.39, 0.29) is 12.5 Å². The molecule has 3 aromatic heterocycles. The van der Waals surface area contributed by atoms with Gasteiger partial charge < -0.3 is 19.1 Å². The lowest BCUT2D eigenvalue weighted by atomic mass is 10.1. The lowest BCUT2D eigenvalue weighted by Crippen LogP contribution is -2.27. The summed E-state index contributed by atoms with van der Waals surface area (Å²) in [6.45, 7) is 0.555. The van der Waals surface area contributed by atoms with Gasteiger partial charge in [-0.1, -0.05) is 12.1 Å². The quantitative estimate of drug-likeness (QED) is 0.360. The number of ether oxygens (including phenoxy) is 3. The molecule has 1 amide bonds. The summed E-state index contributed by atoms with van der Waals surface area (Å²) in [6, 6.07) is 11.4. The number of methoxy groups -OCH3 is 3. The van der Waals surface area contributed by atoms with Crippen LogP contribution >= 0.6 is 11.3 Å². The van der Waals surface area contributed by atoms with Crippen molar-refractivity contribution in [1.82, 2.24) is 24.6 Å². The number of hydrogen-bond donors (Lipinski definition) is 0. The van der Waals surface area contributed by atoms with E-state index in [9.17, 15) is 4.79 Å². The number of rotatable bonds is 9. The van der Waals surface area contributed by atoms with E-state index in [4.69, 9.17) is 14.2 Å². The number of hydrogen-bond acceptors (Lipinski definition) is 8. The van der Waals surface area contributed by atoms with Crippen molar-refractivity contribution in [3.63, 3.8) is 0 Å². The van der Waals surface area contributed by atoms with E-state index in [1.807, 2.05) is 41.8 Å². The Hall–Kier alpha value is -3.76. The van der Waals surface area contributed by atoms with Crippen LogP contribution in [0.4, 0.5) is 0 Å². The van der Waals surface area contributed by atoms with Crippen molar-refractivity contribution in [2.75, 3.05) is 28.4 Å². The van der Waals surface area contributed by atoms with Crippen molar-refractivity contribution in [2.45, 2.75) is 13.2 Å². The molecule has 0 saturated carbocycles. The van der Waals surface area contributed by atoms with Crippen LogP contribution in [0.25, 0.3) is 16.5 Å². The lowest BCUT2D eigenvalue weighted by molar-refractivity contribution is 0.0779. The van der Waals surface area contributed by atoms with Crippen LogP contribution in [0.3, 0.4) is 0 Å². The Kier molecular flexibility index (Phi) is 7.19. The summed E-state index contributed by atoms with van der Waals surface area (Å²) in [5.74, 6) is 1.42. The zero-order valence-electron chi connectivity index (χ0n) is 19.4. The molecule has 0 N–H and O–H groups in total. The fraction of sp³-hybridized carbons (Fsp3) is 0.250. The molecule has 0 aliphatic heterocycles. The maximum atomic E-state index is 13.3. The average molecular weight is 480 g/mol. The van der Waals surface area contributed by atoms with Crippen LogP contribution in [-0.4, -0.2) is 58.9 Å². The average Bonchev–Trinajstić information content (AvgIpc) is 3.54. The summed E-state index contributed by atoms with van der Waals surface area (Å²) >= 11 is 1.59. The van der Waals surface area contributed by atoms with Gasteiger partial charge in [-0.05, 0) is 35.2 Å². The molecule has 0 radical (unpaired) electrons. The largest absolute Gasteiger partial charge is 0.493 e. The van der Waals surface area contributed by atoms with Crippen LogP contribution in [0, 0.1) is 0 Å². The van der Waals surface area contributed by atoms with Crippen LogP contribution < -0.4 is 9.47 Å². The summed E-state index contributed by atoms with van der Waals surface area (Å²) in [5, 5.41) is 6.41. The number of aromatic nitrogens is 4. The molecule has 4 rings (SSSR count). The molecule has 0 spiro atoms. The highest BCUT2D eigenvalue weighted by molar-refractivity contribution is 7.13. The fourth-order valence-electron chi connectivity index (χ4n) is 3.54. The second-order valence-corrected chi connectivity index (χ2v) is 8.37. The minimum Gasteiger partial charge on any atom is -0.493 e. The van der Waals surface area contributed by atoms with Crippen molar-refractivity contribution < 1.29 is 19.0 Å². The number of nitrogens with zero attached hydrogens (tertiary/aromatic N) is 5. The van der Waals surface area contributed by atoms with Crippen LogP contribution in [0.2, 0.25) is 0 Å². The topological polar surface area (TPSA) is 91.6 Å². The zero-order chi connectivity index (χ0) is 24.1. The molecule has 4 aromatic rings. The molecule has 0 atom stereocenters. The van der Waals surface area contributed by atoms with Crippen LogP contribution in [0.15, 0.2) is 54.2 Å². The molecule has 0 bridgehead atoms. The van der Waals surface area contributed by atoms with Gasteiger partial charge in [0.25, 0.3) is 11.9 Å². The molecule has 0 fully saturated rings. The second-order valence-electron chi connectivity index (χ2n) is 7.42. The first-order chi connectivity index (χ1) is 16.5. The molecule has 9 nitrogen and oxygen atoms in total. The van der Waals surface area contributed by atoms with Gasteiger partial charge in [0.05, 0.1) is 48.9 Å². The highest BCUT2D eigenvalue weighted by Crippen LogP contribution is 2.28. The minimum atomic E-state index is -0.192. The number of carbonyl (C=O) groups is 1. The third-order valence-electron chi connectivity index (χ3n) is 5.20. The van der Waals surface area contributed by atoms with Gasteiger partial charge in [-0.2, -0.15) is 9.78 Å². The highest BCUT2D eigenvalue weighted by Gasteiger charge is 2.23. The monoisotopic (exact) mass is 479 g/mol. The van der Waals surface area contributed by atoms with Gasteiger partial charge in [0.2, 0.25) is 0 Å². The third kappa shape index (κ3) is 4.78. The van der Waals surface area contributed by atoms with E-state index < -0.39 is 0 Å². The molecule has 3 heterocycles. The van der Waals surface area contributed by atoms with Gasteiger partial charge in [0.1, 0.15) is 0 Å². The summed E-state index contributed by atoms with van der Waals surface area (Å²) in [6.07, 6.45) is 3.21. The second kappa shape index (κ2) is 10.4. The maximum Gasteiger partial charge on any atom is 0.257 e. The van der Waals surface area contributed by atoms with E-state index in [1.165, 1.54) is 6.20 Å². The van der Waals surface area contributed by atoms with Gasteiger partial charge in [0, 0.05) is 26.9 Å². The number of amides is 1. The Balaban J connectivity index is 1.61. The molecule has 10 heteroatoms. The van der Waals surface area contributed by atoms with Crippen molar-refractivity contribution in [1.29, 1.82) is 0 Å². The van der Waals surface area contributed by atoms with Crippen molar-refractivity contribution in [2.24, 2.45) is 0 Å². The predicted octanol–water partition coefficient (Wildman–Crippen LogP) is 3.83. The SMILES string of the molecule is COCc1c(C(=O)N(C)Cc2ccc(OC)c(OC)c2)cnn1-c1nccc(-c2cccs2)n1. The smallest absolute Gasteiger partial charge is 0.257 e. The van der Waals surface area contributed by atoms with E-state index in [2.05, 4.69) is 15.1 Å². The summed E-state index contributed by atoms with van der Waals surface area (Å²) in [5.41, 5.74) is 2.70. The van der Waals surface area contributed by atoms with Crippen LogP contribution in [0.5, 0.6) is 11.5 Å². The van der Waals surface area contributed by atoms with E-state index in [0.29, 0.717) is 35.2 Å². The van der Waals surface area contributed by atoms with Crippen LogP contribution in [-0.2, 0) is 17.9 Å². The molecule has 0 aliphatic carbocycles. The maximum absolute atomic E-state index is 13.3. The van der Waals surface area contributed by atoms with Gasteiger partial charge in [-0.3, -0.25) is 4.79 Å². The Morgan fingerprint density at radius 1 is 1.12 bits per heavy atom. The molecule has 0 saturated heterocycles.